The molecule has 2 aromatic carbocycles. The summed E-state index contributed by atoms with van der Waals surface area (Å²) in [5, 5.41) is 15.6. The molecule has 0 radical (unpaired) electrons. The SMILES string of the molecule is CCOC(=O)C1(c2ccccc2)CCN(CC(c2ccccc2)N(C)C)CC1.O=C(O)/C=C\C(=O)O. The molecule has 1 fully saturated rings. The average Bonchev–Trinajstić information content (AvgIpc) is 2.88. The molecule has 0 spiro atoms. The lowest BCUT2D eigenvalue weighted by Crippen LogP contribution is -2.49. The van der Waals surface area contributed by atoms with Crippen LogP contribution in [0, 0.1) is 0 Å². The third-order valence-corrected chi connectivity index (χ3v) is 6.31. The summed E-state index contributed by atoms with van der Waals surface area (Å²) in [6.45, 7) is 5.06. The summed E-state index contributed by atoms with van der Waals surface area (Å²) in [5.41, 5.74) is 1.90. The summed E-state index contributed by atoms with van der Waals surface area (Å²) in [7, 11) is 4.27. The number of carboxylic acid groups (broad SMARTS) is 2. The van der Waals surface area contributed by atoms with Crippen LogP contribution in [0.25, 0.3) is 0 Å². The van der Waals surface area contributed by atoms with E-state index in [2.05, 4.69) is 66.4 Å². The van der Waals surface area contributed by atoms with Crippen molar-refractivity contribution in [2.75, 3.05) is 40.3 Å². The van der Waals surface area contributed by atoms with Crippen LogP contribution in [0.4, 0.5) is 0 Å². The molecule has 2 N–H and O–H groups in total. The Morgan fingerprint density at radius 3 is 1.89 bits per heavy atom. The number of benzene rings is 2. The molecule has 1 atom stereocenters. The van der Waals surface area contributed by atoms with Crippen LogP contribution in [-0.4, -0.2) is 78.3 Å². The van der Waals surface area contributed by atoms with Gasteiger partial charge in [0.2, 0.25) is 0 Å². The van der Waals surface area contributed by atoms with E-state index >= 15 is 0 Å². The zero-order valence-electron chi connectivity index (χ0n) is 21.2. The summed E-state index contributed by atoms with van der Waals surface area (Å²) in [5.74, 6) is -2.59. The summed E-state index contributed by atoms with van der Waals surface area (Å²) in [6, 6.07) is 21.2. The molecule has 1 aliphatic heterocycles. The number of ether oxygens (including phenoxy) is 1. The normalized spacial score (nSPS) is 16.1. The number of nitrogens with zero attached hydrogens (tertiary/aromatic N) is 2. The van der Waals surface area contributed by atoms with E-state index in [1.165, 1.54) is 5.56 Å². The Hall–Kier alpha value is -3.49. The van der Waals surface area contributed by atoms with Gasteiger partial charge in [0.1, 0.15) is 0 Å². The maximum atomic E-state index is 12.9. The van der Waals surface area contributed by atoms with Gasteiger partial charge in [0, 0.05) is 24.7 Å². The number of carbonyl (C=O) groups excluding carboxylic acids is 1. The Balaban J connectivity index is 0.000000493. The lowest BCUT2D eigenvalue weighted by Gasteiger charge is -2.42. The molecule has 36 heavy (non-hydrogen) atoms. The molecule has 3 rings (SSSR count). The highest BCUT2D eigenvalue weighted by molar-refractivity contribution is 5.89. The monoisotopic (exact) mass is 496 g/mol. The summed E-state index contributed by atoms with van der Waals surface area (Å²) in [4.78, 5) is 36.8. The molecular formula is C28H36N2O6. The van der Waals surface area contributed by atoms with Gasteiger partial charge in [-0.05, 0) is 58.1 Å². The van der Waals surface area contributed by atoms with Crippen LogP contribution in [0.3, 0.4) is 0 Å². The van der Waals surface area contributed by atoms with Crippen molar-refractivity contribution >= 4 is 17.9 Å². The predicted octanol–water partition coefficient (Wildman–Crippen LogP) is 3.60. The van der Waals surface area contributed by atoms with E-state index in [0.29, 0.717) is 24.8 Å². The van der Waals surface area contributed by atoms with Crippen molar-refractivity contribution in [1.82, 2.24) is 9.80 Å². The second-order valence-corrected chi connectivity index (χ2v) is 8.87. The van der Waals surface area contributed by atoms with Gasteiger partial charge in [-0.3, -0.25) is 4.79 Å². The standard InChI is InChI=1S/C24H32N2O2.C4H4O4/c1-4-28-23(27)24(21-13-9-6-10-14-21)15-17-26(18-16-24)19-22(25(2)3)20-11-7-5-8-12-20;5-3(6)1-2-4(7)8/h5-14,22H,4,15-19H2,1-3H3;1-2H,(H,5,6)(H,7,8)/b;2-1-. The van der Waals surface area contributed by atoms with Crippen LogP contribution in [0.1, 0.15) is 36.9 Å². The van der Waals surface area contributed by atoms with Gasteiger partial charge in [-0.2, -0.15) is 0 Å². The van der Waals surface area contributed by atoms with E-state index in [9.17, 15) is 14.4 Å². The minimum atomic E-state index is -1.26. The quantitative estimate of drug-likeness (QED) is 0.401. The molecule has 8 heteroatoms. The molecule has 0 bridgehead atoms. The van der Waals surface area contributed by atoms with Gasteiger partial charge in [-0.15, -0.1) is 0 Å². The van der Waals surface area contributed by atoms with Gasteiger partial charge in [0.05, 0.1) is 12.0 Å². The van der Waals surface area contributed by atoms with Crippen molar-refractivity contribution in [2.45, 2.75) is 31.2 Å². The van der Waals surface area contributed by atoms with E-state index in [-0.39, 0.29) is 5.97 Å². The largest absolute Gasteiger partial charge is 0.478 e. The highest BCUT2D eigenvalue weighted by Crippen LogP contribution is 2.37. The minimum Gasteiger partial charge on any atom is -0.478 e. The first-order valence-corrected chi connectivity index (χ1v) is 12.0. The van der Waals surface area contributed by atoms with Crippen molar-refractivity contribution < 1.29 is 29.3 Å². The molecule has 2 aromatic rings. The van der Waals surface area contributed by atoms with Gasteiger partial charge < -0.3 is 24.7 Å². The molecule has 0 aliphatic carbocycles. The van der Waals surface area contributed by atoms with Gasteiger partial charge >= 0.3 is 17.9 Å². The van der Waals surface area contributed by atoms with Gasteiger partial charge in [0.15, 0.2) is 0 Å². The van der Waals surface area contributed by atoms with Crippen molar-refractivity contribution in [3.05, 3.63) is 83.9 Å². The topological polar surface area (TPSA) is 107 Å². The van der Waals surface area contributed by atoms with E-state index in [1.807, 2.05) is 25.1 Å². The van der Waals surface area contributed by atoms with E-state index in [4.69, 9.17) is 14.9 Å². The van der Waals surface area contributed by atoms with E-state index in [1.54, 1.807) is 0 Å². The predicted molar refractivity (Wildman–Crippen MR) is 138 cm³/mol. The van der Waals surface area contributed by atoms with Crippen LogP contribution in [0.15, 0.2) is 72.8 Å². The van der Waals surface area contributed by atoms with Gasteiger partial charge in [0.25, 0.3) is 0 Å². The number of rotatable bonds is 9. The zero-order valence-corrected chi connectivity index (χ0v) is 21.2. The van der Waals surface area contributed by atoms with Crippen molar-refractivity contribution in [3.8, 4) is 0 Å². The number of piperidine rings is 1. The lowest BCUT2D eigenvalue weighted by atomic mass is 9.72. The fourth-order valence-electron chi connectivity index (χ4n) is 4.38. The average molecular weight is 497 g/mol. The Labute approximate surface area is 212 Å². The van der Waals surface area contributed by atoms with Crippen LogP contribution >= 0.6 is 0 Å². The van der Waals surface area contributed by atoms with Crippen LogP contribution < -0.4 is 0 Å². The highest BCUT2D eigenvalue weighted by atomic mass is 16.5. The van der Waals surface area contributed by atoms with E-state index < -0.39 is 17.4 Å². The second kappa shape index (κ2) is 14.2. The molecule has 0 saturated carbocycles. The molecule has 1 heterocycles. The van der Waals surface area contributed by atoms with Crippen molar-refractivity contribution in [3.63, 3.8) is 0 Å². The minimum absolute atomic E-state index is 0.0759. The number of aliphatic carboxylic acids is 2. The summed E-state index contributed by atoms with van der Waals surface area (Å²) >= 11 is 0. The number of hydrogen-bond acceptors (Lipinski definition) is 6. The third kappa shape index (κ3) is 8.32. The maximum Gasteiger partial charge on any atom is 0.328 e. The van der Waals surface area contributed by atoms with E-state index in [0.717, 1.165) is 38.0 Å². The first-order chi connectivity index (χ1) is 17.2. The fraction of sp³-hybridized carbons (Fsp3) is 0.393. The molecule has 1 aliphatic rings. The Morgan fingerprint density at radius 1 is 0.944 bits per heavy atom. The number of carboxylic acids is 2. The molecule has 0 aromatic heterocycles. The fourth-order valence-corrected chi connectivity index (χ4v) is 4.38. The van der Waals surface area contributed by atoms with Gasteiger partial charge in [-0.25, -0.2) is 9.59 Å². The lowest BCUT2D eigenvalue weighted by molar-refractivity contribution is -0.152. The number of likely N-dealkylation sites (N-methyl/N-ethyl adjacent to an activating group) is 1. The van der Waals surface area contributed by atoms with Crippen LogP contribution in [0.2, 0.25) is 0 Å². The zero-order chi connectivity index (χ0) is 26.6. The first kappa shape index (κ1) is 28.7. The summed E-state index contributed by atoms with van der Waals surface area (Å²) < 4.78 is 5.50. The molecule has 0 amide bonds. The number of hydrogen-bond donors (Lipinski definition) is 2. The molecule has 194 valence electrons. The van der Waals surface area contributed by atoms with Crippen molar-refractivity contribution in [1.29, 1.82) is 0 Å². The smallest absolute Gasteiger partial charge is 0.328 e. The molecule has 1 unspecified atom stereocenters. The Bertz CT molecular complexity index is 983. The molecular weight excluding hydrogens is 460 g/mol. The maximum absolute atomic E-state index is 12.9. The van der Waals surface area contributed by atoms with Gasteiger partial charge in [-0.1, -0.05) is 60.7 Å². The number of esters is 1. The molecule has 1 saturated heterocycles. The van der Waals surface area contributed by atoms with Crippen LogP contribution in [-0.2, 0) is 24.5 Å². The van der Waals surface area contributed by atoms with Crippen molar-refractivity contribution in [2.24, 2.45) is 0 Å². The van der Waals surface area contributed by atoms with Crippen LogP contribution in [0.5, 0.6) is 0 Å². The molecule has 8 nitrogen and oxygen atoms in total. The number of likely N-dealkylation sites (tertiary alicyclic amines) is 1. The summed E-state index contributed by atoms with van der Waals surface area (Å²) in [6.07, 6.45) is 2.71. The Kier molecular flexibility index (Phi) is 11.3. The Morgan fingerprint density at radius 2 is 1.44 bits per heavy atom. The first-order valence-electron chi connectivity index (χ1n) is 12.0. The second-order valence-electron chi connectivity index (χ2n) is 8.87. The number of carbonyl (C=O) groups is 3. The third-order valence-electron chi connectivity index (χ3n) is 6.31. The highest BCUT2D eigenvalue weighted by Gasteiger charge is 2.44.